The van der Waals surface area contributed by atoms with Crippen LogP contribution in [0.4, 0.5) is 0 Å². The van der Waals surface area contributed by atoms with E-state index >= 15 is 0 Å². The number of ether oxygens (including phenoxy) is 1. The molecule has 1 fully saturated rings. The van der Waals surface area contributed by atoms with E-state index in [-0.39, 0.29) is 12.5 Å². The van der Waals surface area contributed by atoms with Gasteiger partial charge in [-0.3, -0.25) is 14.5 Å². The molecule has 1 N–H and O–H groups in total. The zero-order valence-corrected chi connectivity index (χ0v) is 18.6. The highest BCUT2D eigenvalue weighted by Gasteiger charge is 2.30. The lowest BCUT2D eigenvalue weighted by Gasteiger charge is -2.14. The van der Waals surface area contributed by atoms with E-state index in [0.29, 0.717) is 18.3 Å². The fourth-order valence-corrected chi connectivity index (χ4v) is 4.04. The molecule has 1 aromatic carbocycles. The van der Waals surface area contributed by atoms with Crippen LogP contribution in [0.1, 0.15) is 42.1 Å². The number of amides is 1. The fraction of sp³-hybridized carbons (Fsp3) is 0.417. The van der Waals surface area contributed by atoms with E-state index in [2.05, 4.69) is 29.2 Å². The fourth-order valence-electron chi connectivity index (χ4n) is 4.04. The Kier molecular flexibility index (Phi) is 6.02. The number of para-hydroxylation sites is 1. The van der Waals surface area contributed by atoms with Crippen LogP contribution in [-0.2, 0) is 18.4 Å². The third kappa shape index (κ3) is 4.60. The SMILES string of the molecule is CCN=C(c1c(C)cc(OCC(=O)NCc2cccc3cnn(C)c23)nc1C)C1CC1. The predicted molar refractivity (Wildman–Crippen MR) is 122 cm³/mol. The first-order valence-corrected chi connectivity index (χ1v) is 10.8. The van der Waals surface area contributed by atoms with Gasteiger partial charge in [-0.1, -0.05) is 18.2 Å². The molecule has 1 aliphatic carbocycles. The summed E-state index contributed by atoms with van der Waals surface area (Å²) in [5, 5.41) is 8.26. The first kappa shape index (κ1) is 21.0. The largest absolute Gasteiger partial charge is 0.468 e. The van der Waals surface area contributed by atoms with Crippen molar-refractivity contribution >= 4 is 22.5 Å². The van der Waals surface area contributed by atoms with Crippen LogP contribution in [0.5, 0.6) is 5.88 Å². The summed E-state index contributed by atoms with van der Waals surface area (Å²) < 4.78 is 7.53. The van der Waals surface area contributed by atoms with E-state index in [9.17, 15) is 4.79 Å². The van der Waals surface area contributed by atoms with Crippen molar-refractivity contribution in [3.63, 3.8) is 0 Å². The summed E-state index contributed by atoms with van der Waals surface area (Å²) >= 11 is 0. The molecule has 1 amide bonds. The van der Waals surface area contributed by atoms with Crippen LogP contribution in [0.2, 0.25) is 0 Å². The predicted octanol–water partition coefficient (Wildman–Crippen LogP) is 3.50. The van der Waals surface area contributed by atoms with Crippen molar-refractivity contribution in [1.29, 1.82) is 0 Å². The van der Waals surface area contributed by atoms with Gasteiger partial charge in [0.25, 0.3) is 5.91 Å². The molecule has 0 aliphatic heterocycles. The lowest BCUT2D eigenvalue weighted by molar-refractivity contribution is -0.123. The number of hydrogen-bond acceptors (Lipinski definition) is 5. The van der Waals surface area contributed by atoms with E-state index in [1.807, 2.05) is 49.1 Å². The van der Waals surface area contributed by atoms with E-state index in [1.54, 1.807) is 0 Å². The molecule has 7 heteroatoms. The Morgan fingerprint density at radius 2 is 2.13 bits per heavy atom. The third-order valence-electron chi connectivity index (χ3n) is 5.59. The molecule has 1 saturated carbocycles. The van der Waals surface area contributed by atoms with Gasteiger partial charge in [0.2, 0.25) is 5.88 Å². The number of benzene rings is 1. The Bertz CT molecular complexity index is 1120. The smallest absolute Gasteiger partial charge is 0.258 e. The molecule has 0 spiro atoms. The lowest BCUT2D eigenvalue weighted by atomic mass is 9.99. The van der Waals surface area contributed by atoms with E-state index in [0.717, 1.165) is 39.8 Å². The van der Waals surface area contributed by atoms with Gasteiger partial charge in [0, 0.05) is 48.8 Å². The van der Waals surface area contributed by atoms with Crippen molar-refractivity contribution < 1.29 is 9.53 Å². The molecule has 162 valence electrons. The van der Waals surface area contributed by atoms with Crippen LogP contribution in [0, 0.1) is 19.8 Å². The van der Waals surface area contributed by atoms with Crippen LogP contribution in [0.3, 0.4) is 0 Å². The van der Waals surface area contributed by atoms with E-state index in [1.165, 1.54) is 18.6 Å². The van der Waals surface area contributed by atoms with Crippen molar-refractivity contribution in [2.75, 3.05) is 13.2 Å². The van der Waals surface area contributed by atoms with Gasteiger partial charge in [-0.05, 0) is 44.7 Å². The van der Waals surface area contributed by atoms with Gasteiger partial charge in [-0.25, -0.2) is 4.98 Å². The quantitative estimate of drug-likeness (QED) is 0.567. The Morgan fingerprint density at radius 1 is 1.32 bits per heavy atom. The van der Waals surface area contributed by atoms with Crippen molar-refractivity contribution in [3.8, 4) is 5.88 Å². The molecular weight excluding hydrogens is 390 g/mol. The minimum Gasteiger partial charge on any atom is -0.468 e. The Balaban J connectivity index is 1.39. The first-order valence-electron chi connectivity index (χ1n) is 10.8. The zero-order valence-electron chi connectivity index (χ0n) is 18.6. The maximum Gasteiger partial charge on any atom is 0.258 e. The number of pyridine rings is 1. The van der Waals surface area contributed by atoms with Crippen LogP contribution in [0.15, 0.2) is 35.5 Å². The maximum absolute atomic E-state index is 12.4. The second-order valence-corrected chi connectivity index (χ2v) is 8.06. The number of aliphatic imine (C=N–C) groups is 1. The number of carbonyl (C=O) groups excluding carboxylic acids is 1. The Hall–Kier alpha value is -3.22. The number of aryl methyl sites for hydroxylation is 3. The first-order chi connectivity index (χ1) is 15.0. The normalized spacial score (nSPS) is 14.1. The summed E-state index contributed by atoms with van der Waals surface area (Å²) in [5.74, 6) is 0.835. The number of nitrogens with one attached hydrogen (secondary N) is 1. The minimum atomic E-state index is -0.188. The number of nitrogens with zero attached hydrogens (tertiary/aromatic N) is 4. The highest BCUT2D eigenvalue weighted by molar-refractivity contribution is 6.05. The van der Waals surface area contributed by atoms with Gasteiger partial charge in [-0.15, -0.1) is 0 Å². The summed E-state index contributed by atoms with van der Waals surface area (Å²) in [6.45, 7) is 7.21. The third-order valence-corrected chi connectivity index (χ3v) is 5.59. The molecule has 4 rings (SSSR count). The molecule has 0 bridgehead atoms. The van der Waals surface area contributed by atoms with Crippen molar-refractivity contribution in [2.45, 2.75) is 40.2 Å². The lowest BCUT2D eigenvalue weighted by Crippen LogP contribution is -2.28. The molecule has 0 unspecified atom stereocenters. The zero-order chi connectivity index (χ0) is 22.0. The van der Waals surface area contributed by atoms with Gasteiger partial charge in [0.05, 0.1) is 17.4 Å². The highest BCUT2D eigenvalue weighted by Crippen LogP contribution is 2.35. The molecule has 2 heterocycles. The maximum atomic E-state index is 12.4. The second-order valence-electron chi connectivity index (χ2n) is 8.06. The summed E-state index contributed by atoms with van der Waals surface area (Å²) in [7, 11) is 1.90. The van der Waals surface area contributed by atoms with Gasteiger partial charge in [0.15, 0.2) is 6.61 Å². The highest BCUT2D eigenvalue weighted by atomic mass is 16.5. The van der Waals surface area contributed by atoms with Crippen LogP contribution >= 0.6 is 0 Å². The molecule has 3 aromatic rings. The Morgan fingerprint density at radius 3 is 2.84 bits per heavy atom. The summed E-state index contributed by atoms with van der Waals surface area (Å²) in [6.07, 6.45) is 4.22. The molecule has 1 aliphatic rings. The number of rotatable bonds is 8. The average Bonchev–Trinajstić information content (AvgIpc) is 3.52. The molecular formula is C24H29N5O2. The summed E-state index contributed by atoms with van der Waals surface area (Å²) in [5.41, 5.74) is 6.32. The van der Waals surface area contributed by atoms with E-state index < -0.39 is 0 Å². The minimum absolute atomic E-state index is 0.0783. The van der Waals surface area contributed by atoms with Crippen molar-refractivity contribution in [1.82, 2.24) is 20.1 Å². The summed E-state index contributed by atoms with van der Waals surface area (Å²) in [6, 6.07) is 7.88. The molecule has 31 heavy (non-hydrogen) atoms. The van der Waals surface area contributed by atoms with Gasteiger partial charge in [-0.2, -0.15) is 5.10 Å². The Labute approximate surface area is 182 Å². The van der Waals surface area contributed by atoms with Gasteiger partial charge < -0.3 is 10.1 Å². The molecule has 2 aromatic heterocycles. The second kappa shape index (κ2) is 8.88. The molecule has 0 radical (unpaired) electrons. The van der Waals surface area contributed by atoms with Crippen molar-refractivity contribution in [2.24, 2.45) is 18.0 Å². The number of hydrogen-bond donors (Lipinski definition) is 1. The standard InChI is InChI=1S/C24H29N5O2/c1-5-25-23(17-9-10-17)22-15(2)11-21(28-16(22)3)31-14-20(30)26-12-18-7-6-8-19-13-27-29(4)24(18)19/h6-8,11,13,17H,5,9-10,12,14H2,1-4H3,(H,26,30). The monoisotopic (exact) mass is 419 g/mol. The number of fused-ring (bicyclic) bond motifs is 1. The molecule has 7 nitrogen and oxygen atoms in total. The number of aromatic nitrogens is 3. The summed E-state index contributed by atoms with van der Waals surface area (Å²) in [4.78, 5) is 21.7. The molecule has 0 atom stereocenters. The average molecular weight is 420 g/mol. The van der Waals surface area contributed by atoms with Crippen molar-refractivity contribution in [3.05, 3.63) is 52.8 Å². The number of carbonyl (C=O) groups is 1. The van der Waals surface area contributed by atoms with Gasteiger partial charge >= 0.3 is 0 Å². The van der Waals surface area contributed by atoms with Crippen LogP contribution in [-0.4, -0.2) is 39.5 Å². The van der Waals surface area contributed by atoms with E-state index in [4.69, 9.17) is 9.73 Å². The van der Waals surface area contributed by atoms with Gasteiger partial charge in [0.1, 0.15) is 0 Å². The molecule has 0 saturated heterocycles. The van der Waals surface area contributed by atoms with Crippen LogP contribution < -0.4 is 10.1 Å². The topological polar surface area (TPSA) is 81.4 Å². The van der Waals surface area contributed by atoms with Crippen LogP contribution in [0.25, 0.3) is 10.9 Å².